The molecule has 1 aromatic heterocycles. The molecule has 0 bridgehead atoms. The van der Waals surface area contributed by atoms with Gasteiger partial charge in [0.1, 0.15) is 0 Å². The van der Waals surface area contributed by atoms with Crippen LogP contribution in [0.4, 0.5) is 0 Å². The van der Waals surface area contributed by atoms with E-state index in [1.165, 1.54) is 12.8 Å². The molecule has 1 aliphatic rings. The lowest BCUT2D eigenvalue weighted by atomic mass is 10.1. The van der Waals surface area contributed by atoms with Crippen LogP contribution in [-0.2, 0) is 0 Å². The van der Waals surface area contributed by atoms with E-state index in [9.17, 15) is 0 Å². The standard InChI is InChI=1S/C9H15N3OS/c1-7-11-12-8(13-7)14-9(6-10)4-2-3-5-9/h2-6,10H2,1H3. The summed E-state index contributed by atoms with van der Waals surface area (Å²) in [5, 5.41) is 8.47. The fraction of sp³-hybridized carbons (Fsp3) is 0.778. The van der Waals surface area contributed by atoms with E-state index in [0.717, 1.165) is 12.8 Å². The summed E-state index contributed by atoms with van der Waals surface area (Å²) in [6.07, 6.45) is 4.85. The molecule has 1 fully saturated rings. The maximum Gasteiger partial charge on any atom is 0.277 e. The van der Waals surface area contributed by atoms with Gasteiger partial charge in [0.05, 0.1) is 0 Å². The number of hydrogen-bond acceptors (Lipinski definition) is 5. The van der Waals surface area contributed by atoms with Crippen LogP contribution in [0.1, 0.15) is 31.6 Å². The number of nitrogens with two attached hydrogens (primary N) is 1. The highest BCUT2D eigenvalue weighted by atomic mass is 32.2. The molecular weight excluding hydrogens is 198 g/mol. The molecule has 0 spiro atoms. The molecule has 4 nitrogen and oxygen atoms in total. The Labute approximate surface area is 87.6 Å². The van der Waals surface area contributed by atoms with E-state index in [1.807, 2.05) is 0 Å². The molecule has 1 aliphatic carbocycles. The van der Waals surface area contributed by atoms with Gasteiger partial charge in [-0.1, -0.05) is 24.6 Å². The van der Waals surface area contributed by atoms with Crippen LogP contribution in [0.2, 0.25) is 0 Å². The summed E-state index contributed by atoms with van der Waals surface area (Å²) in [7, 11) is 0. The highest BCUT2D eigenvalue weighted by molar-refractivity contribution is 8.00. The first-order valence-electron chi connectivity index (χ1n) is 4.93. The van der Waals surface area contributed by atoms with E-state index >= 15 is 0 Å². The molecule has 0 atom stereocenters. The van der Waals surface area contributed by atoms with E-state index in [2.05, 4.69) is 10.2 Å². The molecule has 1 aromatic rings. The maximum atomic E-state index is 5.81. The Kier molecular flexibility index (Phi) is 2.78. The fourth-order valence-corrected chi connectivity index (χ4v) is 3.06. The number of thioether (sulfide) groups is 1. The Bertz CT molecular complexity index is 307. The van der Waals surface area contributed by atoms with Crippen LogP contribution in [0.3, 0.4) is 0 Å². The third-order valence-corrected chi connectivity index (χ3v) is 4.05. The number of aromatic nitrogens is 2. The van der Waals surface area contributed by atoms with E-state index in [4.69, 9.17) is 10.2 Å². The second-order valence-corrected chi connectivity index (χ2v) is 5.20. The van der Waals surface area contributed by atoms with Crippen molar-refractivity contribution in [3.8, 4) is 0 Å². The van der Waals surface area contributed by atoms with Crippen molar-refractivity contribution >= 4 is 11.8 Å². The minimum Gasteiger partial charge on any atom is -0.416 e. The maximum absolute atomic E-state index is 5.81. The van der Waals surface area contributed by atoms with Crippen molar-refractivity contribution in [3.63, 3.8) is 0 Å². The van der Waals surface area contributed by atoms with Gasteiger partial charge in [-0.25, -0.2) is 0 Å². The van der Waals surface area contributed by atoms with Gasteiger partial charge in [-0.15, -0.1) is 10.2 Å². The minimum absolute atomic E-state index is 0.152. The smallest absolute Gasteiger partial charge is 0.277 e. The molecule has 1 saturated carbocycles. The van der Waals surface area contributed by atoms with Crippen LogP contribution in [0.25, 0.3) is 0 Å². The van der Waals surface area contributed by atoms with Crippen molar-refractivity contribution < 1.29 is 4.42 Å². The summed E-state index contributed by atoms with van der Waals surface area (Å²) < 4.78 is 5.51. The number of hydrogen-bond donors (Lipinski definition) is 1. The van der Waals surface area contributed by atoms with Gasteiger partial charge < -0.3 is 10.2 Å². The summed E-state index contributed by atoms with van der Waals surface area (Å²) in [5.74, 6) is 0.623. The first kappa shape index (κ1) is 9.98. The topological polar surface area (TPSA) is 64.9 Å². The van der Waals surface area contributed by atoms with E-state index in [-0.39, 0.29) is 4.75 Å². The predicted molar refractivity (Wildman–Crippen MR) is 55.1 cm³/mol. The molecular formula is C9H15N3OS. The molecule has 0 amide bonds. The highest BCUT2D eigenvalue weighted by Gasteiger charge is 2.35. The lowest BCUT2D eigenvalue weighted by Gasteiger charge is -2.23. The zero-order valence-corrected chi connectivity index (χ0v) is 9.14. The van der Waals surface area contributed by atoms with Crippen molar-refractivity contribution in [1.82, 2.24) is 10.2 Å². The van der Waals surface area contributed by atoms with Crippen LogP contribution < -0.4 is 5.73 Å². The van der Waals surface area contributed by atoms with Gasteiger partial charge in [-0.3, -0.25) is 0 Å². The summed E-state index contributed by atoms with van der Waals surface area (Å²) in [5.41, 5.74) is 5.81. The van der Waals surface area contributed by atoms with Crippen LogP contribution in [0.5, 0.6) is 0 Å². The summed E-state index contributed by atoms with van der Waals surface area (Å²) >= 11 is 1.65. The van der Waals surface area contributed by atoms with E-state index in [1.54, 1.807) is 18.7 Å². The Balaban J connectivity index is 2.08. The zero-order valence-electron chi connectivity index (χ0n) is 8.32. The van der Waals surface area contributed by atoms with Gasteiger partial charge >= 0.3 is 0 Å². The second-order valence-electron chi connectivity index (χ2n) is 3.78. The van der Waals surface area contributed by atoms with Crippen molar-refractivity contribution in [3.05, 3.63) is 5.89 Å². The number of rotatable bonds is 3. The van der Waals surface area contributed by atoms with Gasteiger partial charge in [0.2, 0.25) is 5.89 Å². The van der Waals surface area contributed by atoms with Crippen molar-refractivity contribution in [2.75, 3.05) is 6.54 Å². The molecule has 0 unspecified atom stereocenters. The highest BCUT2D eigenvalue weighted by Crippen LogP contribution is 2.43. The van der Waals surface area contributed by atoms with Gasteiger partial charge in [0.15, 0.2) is 0 Å². The predicted octanol–water partition coefficient (Wildman–Crippen LogP) is 1.74. The second kappa shape index (κ2) is 3.90. The lowest BCUT2D eigenvalue weighted by molar-refractivity contribution is 0.425. The van der Waals surface area contributed by atoms with Crippen molar-refractivity contribution in [1.29, 1.82) is 0 Å². The molecule has 0 aliphatic heterocycles. The largest absolute Gasteiger partial charge is 0.416 e. The van der Waals surface area contributed by atoms with Gasteiger partial charge in [0.25, 0.3) is 5.22 Å². The van der Waals surface area contributed by atoms with Crippen molar-refractivity contribution in [2.45, 2.75) is 42.6 Å². The monoisotopic (exact) mass is 213 g/mol. The molecule has 0 aromatic carbocycles. The third-order valence-electron chi connectivity index (χ3n) is 2.70. The Morgan fingerprint density at radius 1 is 1.43 bits per heavy atom. The SMILES string of the molecule is Cc1nnc(SC2(CN)CCCC2)o1. The summed E-state index contributed by atoms with van der Waals surface area (Å²) in [6.45, 7) is 2.50. The Morgan fingerprint density at radius 3 is 2.64 bits per heavy atom. The fourth-order valence-electron chi connectivity index (χ4n) is 1.87. The van der Waals surface area contributed by atoms with Gasteiger partial charge in [0, 0.05) is 18.2 Å². The van der Waals surface area contributed by atoms with Crippen LogP contribution >= 0.6 is 11.8 Å². The zero-order chi connectivity index (χ0) is 10.0. The molecule has 2 rings (SSSR count). The molecule has 78 valence electrons. The lowest BCUT2D eigenvalue weighted by Crippen LogP contribution is -2.30. The number of nitrogens with zero attached hydrogens (tertiary/aromatic N) is 2. The normalized spacial score (nSPS) is 20.1. The van der Waals surface area contributed by atoms with Gasteiger partial charge in [-0.05, 0) is 12.8 Å². The quantitative estimate of drug-likeness (QED) is 0.828. The number of aryl methyl sites for hydroxylation is 1. The first-order valence-corrected chi connectivity index (χ1v) is 5.75. The van der Waals surface area contributed by atoms with Crippen molar-refractivity contribution in [2.24, 2.45) is 5.73 Å². The molecule has 0 radical (unpaired) electrons. The molecule has 14 heavy (non-hydrogen) atoms. The van der Waals surface area contributed by atoms with E-state index < -0.39 is 0 Å². The summed E-state index contributed by atoms with van der Waals surface area (Å²) in [4.78, 5) is 0. The average molecular weight is 213 g/mol. The Morgan fingerprint density at radius 2 is 2.14 bits per heavy atom. The first-order chi connectivity index (χ1) is 6.74. The molecule has 1 heterocycles. The molecule has 0 saturated heterocycles. The molecule has 2 N–H and O–H groups in total. The van der Waals surface area contributed by atoms with Crippen LogP contribution in [0, 0.1) is 6.92 Å². The summed E-state index contributed by atoms with van der Waals surface area (Å²) in [6, 6.07) is 0. The molecule has 5 heteroatoms. The van der Waals surface area contributed by atoms with Crippen LogP contribution in [0.15, 0.2) is 9.64 Å². The third kappa shape index (κ3) is 1.93. The van der Waals surface area contributed by atoms with Gasteiger partial charge in [-0.2, -0.15) is 0 Å². The average Bonchev–Trinajstić information content (AvgIpc) is 2.77. The Hall–Kier alpha value is -0.550. The van der Waals surface area contributed by atoms with Crippen LogP contribution in [-0.4, -0.2) is 21.5 Å². The minimum atomic E-state index is 0.152. The van der Waals surface area contributed by atoms with E-state index in [0.29, 0.717) is 17.7 Å².